The molecule has 2 saturated carbocycles. The molecule has 2 aliphatic carbocycles. The maximum absolute atomic E-state index is 11.4. The van der Waals surface area contributed by atoms with Crippen molar-refractivity contribution in [2.45, 2.75) is 18.9 Å². The number of fused-ring (bicyclic) bond motifs is 1. The van der Waals surface area contributed by atoms with Crippen LogP contribution in [0.15, 0.2) is 0 Å². The van der Waals surface area contributed by atoms with E-state index in [1.54, 1.807) is 0 Å². The molecule has 1 N–H and O–H groups in total. The van der Waals surface area contributed by atoms with Gasteiger partial charge in [0.05, 0.1) is 18.6 Å². The summed E-state index contributed by atoms with van der Waals surface area (Å²) in [5.74, 6) is -0.939. The zero-order valence-electron chi connectivity index (χ0n) is 7.68. The Morgan fingerprint density at radius 1 is 1.21 bits per heavy atom. The van der Waals surface area contributed by atoms with Gasteiger partial charge in [-0.15, -0.1) is 0 Å². The van der Waals surface area contributed by atoms with Gasteiger partial charge in [0.2, 0.25) is 5.78 Å². The van der Waals surface area contributed by atoms with Gasteiger partial charge >= 0.3 is 5.97 Å². The number of rotatable bonds is 2. The van der Waals surface area contributed by atoms with Crippen LogP contribution in [0.5, 0.6) is 0 Å². The van der Waals surface area contributed by atoms with Gasteiger partial charge in [0.1, 0.15) is 0 Å². The average molecular weight is 196 g/mol. The van der Waals surface area contributed by atoms with Crippen LogP contribution in [0.4, 0.5) is 0 Å². The SMILES string of the molecule is O=C(O)C(=O)C1C2CC3COC1C3C2. The Labute approximate surface area is 81.2 Å². The molecule has 3 fully saturated rings. The van der Waals surface area contributed by atoms with Crippen molar-refractivity contribution in [1.29, 1.82) is 0 Å². The van der Waals surface area contributed by atoms with Crippen LogP contribution in [0.25, 0.3) is 0 Å². The van der Waals surface area contributed by atoms with Crippen molar-refractivity contribution in [1.82, 2.24) is 0 Å². The van der Waals surface area contributed by atoms with E-state index >= 15 is 0 Å². The predicted molar refractivity (Wildman–Crippen MR) is 45.6 cm³/mol. The van der Waals surface area contributed by atoms with Crippen molar-refractivity contribution >= 4 is 11.8 Å². The summed E-state index contributed by atoms with van der Waals surface area (Å²) in [6.07, 6.45) is 1.91. The molecule has 4 heteroatoms. The first kappa shape index (κ1) is 8.41. The minimum atomic E-state index is -1.30. The van der Waals surface area contributed by atoms with E-state index < -0.39 is 11.8 Å². The number of hydrogen-bond donors (Lipinski definition) is 1. The van der Waals surface area contributed by atoms with Gasteiger partial charge in [0, 0.05) is 0 Å². The zero-order chi connectivity index (χ0) is 9.87. The first-order chi connectivity index (χ1) is 6.68. The van der Waals surface area contributed by atoms with E-state index in [1.807, 2.05) is 0 Å². The van der Waals surface area contributed by atoms with Crippen molar-refractivity contribution in [3.8, 4) is 0 Å². The first-order valence-electron chi connectivity index (χ1n) is 5.07. The van der Waals surface area contributed by atoms with E-state index in [2.05, 4.69) is 0 Å². The van der Waals surface area contributed by atoms with Gasteiger partial charge in [0.15, 0.2) is 0 Å². The number of Topliss-reactive ketones (excluding diaryl/α,β-unsaturated/α-hetero) is 1. The molecule has 0 aromatic rings. The summed E-state index contributed by atoms with van der Waals surface area (Å²) in [5, 5.41) is 8.69. The zero-order valence-corrected chi connectivity index (χ0v) is 7.68. The Kier molecular flexibility index (Phi) is 1.54. The summed E-state index contributed by atoms with van der Waals surface area (Å²) < 4.78 is 5.53. The second-order valence-electron chi connectivity index (χ2n) is 4.65. The highest BCUT2D eigenvalue weighted by molar-refractivity contribution is 6.33. The summed E-state index contributed by atoms with van der Waals surface area (Å²) in [5.41, 5.74) is 0. The Bertz CT molecular complexity index is 309. The molecule has 76 valence electrons. The normalized spacial score (nSPS) is 48.4. The van der Waals surface area contributed by atoms with Crippen LogP contribution in [-0.4, -0.2) is 29.6 Å². The number of carbonyl (C=O) groups is 2. The van der Waals surface area contributed by atoms with Crippen LogP contribution in [0.2, 0.25) is 0 Å². The van der Waals surface area contributed by atoms with Gasteiger partial charge < -0.3 is 9.84 Å². The largest absolute Gasteiger partial charge is 0.475 e. The number of aliphatic carboxylic acids is 1. The molecule has 5 atom stereocenters. The lowest BCUT2D eigenvalue weighted by Crippen LogP contribution is -2.36. The van der Waals surface area contributed by atoms with Crippen molar-refractivity contribution in [3.05, 3.63) is 0 Å². The number of ketones is 1. The molecule has 14 heavy (non-hydrogen) atoms. The van der Waals surface area contributed by atoms with Gasteiger partial charge in [-0.05, 0) is 30.6 Å². The van der Waals surface area contributed by atoms with Gasteiger partial charge in [-0.1, -0.05) is 0 Å². The van der Waals surface area contributed by atoms with Crippen molar-refractivity contribution in [2.75, 3.05) is 6.61 Å². The molecular formula is C10H12O4. The molecule has 2 bridgehead atoms. The Morgan fingerprint density at radius 3 is 2.71 bits per heavy atom. The smallest absolute Gasteiger partial charge is 0.372 e. The fourth-order valence-corrected chi connectivity index (χ4v) is 3.59. The first-order valence-corrected chi connectivity index (χ1v) is 5.07. The number of ether oxygens (including phenoxy) is 1. The Balaban J connectivity index is 1.89. The van der Waals surface area contributed by atoms with Crippen LogP contribution in [-0.2, 0) is 14.3 Å². The Morgan fingerprint density at radius 2 is 2.00 bits per heavy atom. The molecule has 4 nitrogen and oxygen atoms in total. The van der Waals surface area contributed by atoms with Crippen molar-refractivity contribution in [2.24, 2.45) is 23.7 Å². The second-order valence-corrected chi connectivity index (χ2v) is 4.65. The molecule has 1 aliphatic heterocycles. The molecule has 0 aromatic heterocycles. The molecule has 1 saturated heterocycles. The fourth-order valence-electron chi connectivity index (χ4n) is 3.59. The molecule has 5 unspecified atom stereocenters. The van der Waals surface area contributed by atoms with Crippen LogP contribution in [0.1, 0.15) is 12.8 Å². The molecule has 3 aliphatic rings. The van der Waals surface area contributed by atoms with E-state index in [0.717, 1.165) is 19.4 Å². The average Bonchev–Trinajstić information content (AvgIpc) is 2.71. The van der Waals surface area contributed by atoms with Crippen molar-refractivity contribution in [3.63, 3.8) is 0 Å². The maximum Gasteiger partial charge on any atom is 0.372 e. The molecule has 1 heterocycles. The standard InChI is InChI=1S/C10H12O4/c11-8(10(12)13)7-4-1-5-3-14-9(7)6(5)2-4/h4-7,9H,1-3H2,(H,12,13). The van der Waals surface area contributed by atoms with E-state index in [0.29, 0.717) is 11.8 Å². The third-order valence-electron chi connectivity index (χ3n) is 4.09. The monoisotopic (exact) mass is 196 g/mol. The highest BCUT2D eigenvalue weighted by Crippen LogP contribution is 2.56. The summed E-state index contributed by atoms with van der Waals surface area (Å²) in [4.78, 5) is 22.1. The number of carboxylic acids is 1. The lowest BCUT2D eigenvalue weighted by molar-refractivity contribution is -0.153. The minimum Gasteiger partial charge on any atom is -0.475 e. The quantitative estimate of drug-likeness (QED) is 0.645. The van der Waals surface area contributed by atoms with E-state index in [4.69, 9.17) is 9.84 Å². The predicted octanol–water partition coefficient (Wildman–Crippen LogP) is 0.311. The second kappa shape index (κ2) is 2.57. The fraction of sp³-hybridized carbons (Fsp3) is 0.800. The summed E-state index contributed by atoms with van der Waals surface area (Å²) in [6, 6.07) is 0. The molecule has 3 rings (SSSR count). The van der Waals surface area contributed by atoms with E-state index in [9.17, 15) is 9.59 Å². The number of carboxylic acid groups (broad SMARTS) is 1. The lowest BCUT2D eigenvalue weighted by Gasteiger charge is -2.23. The Hall–Kier alpha value is -0.900. The minimum absolute atomic E-state index is 0.0812. The summed E-state index contributed by atoms with van der Waals surface area (Å²) >= 11 is 0. The lowest BCUT2D eigenvalue weighted by atomic mass is 9.80. The molecule has 0 radical (unpaired) electrons. The molecular weight excluding hydrogens is 184 g/mol. The topological polar surface area (TPSA) is 63.6 Å². The highest BCUT2D eigenvalue weighted by Gasteiger charge is 2.60. The number of carbonyl (C=O) groups excluding carboxylic acids is 1. The van der Waals surface area contributed by atoms with Gasteiger partial charge in [0.25, 0.3) is 0 Å². The van der Waals surface area contributed by atoms with Crippen LogP contribution < -0.4 is 0 Å². The van der Waals surface area contributed by atoms with Gasteiger partial charge in [-0.3, -0.25) is 4.79 Å². The molecule has 0 spiro atoms. The maximum atomic E-state index is 11.4. The summed E-state index contributed by atoms with van der Waals surface area (Å²) in [7, 11) is 0. The highest BCUT2D eigenvalue weighted by atomic mass is 16.5. The third-order valence-corrected chi connectivity index (χ3v) is 4.09. The molecule has 0 amide bonds. The van der Waals surface area contributed by atoms with E-state index in [1.165, 1.54) is 0 Å². The third kappa shape index (κ3) is 0.869. The summed E-state index contributed by atoms with van der Waals surface area (Å²) in [6.45, 7) is 0.731. The van der Waals surface area contributed by atoms with Gasteiger partial charge in [-0.25, -0.2) is 4.79 Å². The van der Waals surface area contributed by atoms with Crippen LogP contribution in [0, 0.1) is 23.7 Å². The van der Waals surface area contributed by atoms with Crippen LogP contribution in [0.3, 0.4) is 0 Å². The number of hydrogen-bond acceptors (Lipinski definition) is 3. The molecule has 0 aromatic carbocycles. The van der Waals surface area contributed by atoms with E-state index in [-0.39, 0.29) is 17.9 Å². The van der Waals surface area contributed by atoms with Gasteiger partial charge in [-0.2, -0.15) is 0 Å². The van der Waals surface area contributed by atoms with Crippen LogP contribution >= 0.6 is 0 Å². The van der Waals surface area contributed by atoms with Crippen molar-refractivity contribution < 1.29 is 19.4 Å².